The van der Waals surface area contributed by atoms with Crippen LogP contribution < -0.4 is 15.4 Å². The average molecular weight is 638 g/mol. The van der Waals surface area contributed by atoms with Gasteiger partial charge in [0, 0.05) is 56.6 Å². The van der Waals surface area contributed by atoms with E-state index in [-0.39, 0.29) is 44.4 Å². The minimum atomic E-state index is -0.576. The van der Waals surface area contributed by atoms with E-state index >= 15 is 0 Å². The Hall–Kier alpha value is -3.42. The first kappa shape index (κ1) is 34.1. The number of carbonyl (C=O) groups is 4. The highest BCUT2D eigenvalue weighted by Crippen LogP contribution is 2.33. The normalized spacial score (nSPS) is 13.7. The summed E-state index contributed by atoms with van der Waals surface area (Å²) in [4.78, 5) is 56.3. The number of rotatable bonds is 13. The molecule has 1 aliphatic rings. The Kier molecular flexibility index (Phi) is 13.0. The maximum absolute atomic E-state index is 12.5. The third kappa shape index (κ3) is 12.0. The maximum atomic E-state index is 12.5. The molecule has 0 saturated carbocycles. The van der Waals surface area contributed by atoms with Gasteiger partial charge in [0.1, 0.15) is 29.5 Å². The van der Waals surface area contributed by atoms with Crippen LogP contribution in [0, 0.1) is 0 Å². The Morgan fingerprint density at radius 2 is 1.84 bits per heavy atom. The number of esters is 1. The second-order valence-electron chi connectivity index (χ2n) is 10.8. The number of thiazole rings is 1. The van der Waals surface area contributed by atoms with Gasteiger partial charge < -0.3 is 29.7 Å². The largest absolute Gasteiger partial charge is 0.492 e. The van der Waals surface area contributed by atoms with Gasteiger partial charge in [-0.25, -0.2) is 9.78 Å². The molecule has 1 aromatic heterocycles. The highest BCUT2D eigenvalue weighted by atomic mass is 35.5. The molecule has 14 heteroatoms. The molecule has 1 aromatic carbocycles. The van der Waals surface area contributed by atoms with Gasteiger partial charge in [0.05, 0.1) is 23.7 Å². The van der Waals surface area contributed by atoms with Crippen molar-refractivity contribution in [2.45, 2.75) is 46.1 Å². The second-order valence-corrected chi connectivity index (χ2v) is 12.1. The summed E-state index contributed by atoms with van der Waals surface area (Å²) >= 11 is 7.90. The van der Waals surface area contributed by atoms with Crippen LogP contribution in [0.2, 0.25) is 5.02 Å². The molecule has 0 unspecified atom stereocenters. The van der Waals surface area contributed by atoms with Crippen LogP contribution in [-0.2, 0) is 30.3 Å². The number of aromatic nitrogens is 1. The highest BCUT2D eigenvalue weighted by molar-refractivity contribution is 7.13. The van der Waals surface area contributed by atoms with Gasteiger partial charge in [-0.3, -0.25) is 19.3 Å². The minimum absolute atomic E-state index is 0.00584. The first-order chi connectivity index (χ1) is 20.4. The number of hydrogen-bond donors (Lipinski definition) is 2. The number of carbonyl (C=O) groups excluding carboxylic acids is 4. The number of ether oxygens (including phenoxy) is 3. The quantitative estimate of drug-likeness (QED) is 0.317. The van der Waals surface area contributed by atoms with E-state index in [1.165, 1.54) is 11.3 Å². The summed E-state index contributed by atoms with van der Waals surface area (Å²) in [6.45, 7) is 11.3. The molecule has 0 radical (unpaired) electrons. The Morgan fingerprint density at radius 3 is 2.51 bits per heavy atom. The first-order valence-corrected chi connectivity index (χ1v) is 15.5. The predicted molar refractivity (Wildman–Crippen MR) is 163 cm³/mol. The third-order valence-electron chi connectivity index (χ3n) is 6.21. The topological polar surface area (TPSA) is 139 Å². The van der Waals surface area contributed by atoms with Crippen molar-refractivity contribution in [3.05, 3.63) is 34.3 Å². The molecule has 1 fully saturated rings. The highest BCUT2D eigenvalue weighted by Gasteiger charge is 2.22. The zero-order chi connectivity index (χ0) is 31.4. The lowest BCUT2D eigenvalue weighted by Crippen LogP contribution is -2.50. The lowest BCUT2D eigenvalue weighted by molar-refractivity contribution is -0.143. The van der Waals surface area contributed by atoms with E-state index in [4.69, 9.17) is 25.8 Å². The zero-order valence-corrected chi connectivity index (χ0v) is 26.6. The molecule has 12 nitrogen and oxygen atoms in total. The van der Waals surface area contributed by atoms with Crippen molar-refractivity contribution in [1.82, 2.24) is 25.4 Å². The summed E-state index contributed by atoms with van der Waals surface area (Å²) < 4.78 is 15.9. The van der Waals surface area contributed by atoms with Crippen LogP contribution in [0.4, 0.5) is 4.79 Å². The number of nitrogens with zero attached hydrogens (tertiary/aromatic N) is 3. The third-order valence-corrected chi connectivity index (χ3v) is 7.45. The van der Waals surface area contributed by atoms with E-state index in [2.05, 4.69) is 20.5 Å². The van der Waals surface area contributed by atoms with E-state index in [0.717, 1.165) is 18.7 Å². The molecule has 3 amide bonds. The summed E-state index contributed by atoms with van der Waals surface area (Å²) in [5.74, 6) is -0.164. The Labute approximate surface area is 261 Å². The molecule has 236 valence electrons. The first-order valence-electron chi connectivity index (χ1n) is 14.2. The molecule has 0 aliphatic carbocycles. The number of benzene rings is 1. The molecule has 0 bridgehead atoms. The molecule has 2 heterocycles. The van der Waals surface area contributed by atoms with E-state index in [1.807, 2.05) is 17.0 Å². The fraction of sp³-hybridized carbons (Fsp3) is 0.552. The lowest BCUT2D eigenvalue weighted by atomic mass is 10.2. The molecule has 2 aromatic rings. The number of piperazine rings is 1. The SMILES string of the molecule is CCOC(=O)CNC(=O)Cc1csc(-c2ccc(OCCN3CCN(C(=O)CCNC(=O)OC(C)(C)C)CC3)cc2Cl)n1. The molecule has 2 N–H and O–H groups in total. The minimum Gasteiger partial charge on any atom is -0.492 e. The molecular weight excluding hydrogens is 598 g/mol. The summed E-state index contributed by atoms with van der Waals surface area (Å²) in [7, 11) is 0. The number of nitrogens with one attached hydrogen (secondary N) is 2. The van der Waals surface area contributed by atoms with E-state index < -0.39 is 17.7 Å². The predicted octanol–water partition coefficient (Wildman–Crippen LogP) is 3.12. The van der Waals surface area contributed by atoms with Crippen molar-refractivity contribution in [3.63, 3.8) is 0 Å². The smallest absolute Gasteiger partial charge is 0.407 e. The van der Waals surface area contributed by atoms with Crippen LogP contribution in [-0.4, -0.2) is 103 Å². The van der Waals surface area contributed by atoms with Crippen LogP contribution in [0.3, 0.4) is 0 Å². The average Bonchev–Trinajstić information content (AvgIpc) is 3.39. The molecule has 1 saturated heterocycles. The molecule has 0 atom stereocenters. The maximum Gasteiger partial charge on any atom is 0.407 e. The molecule has 1 aliphatic heterocycles. The van der Waals surface area contributed by atoms with Gasteiger partial charge >= 0.3 is 12.1 Å². The summed E-state index contributed by atoms with van der Waals surface area (Å²) in [5.41, 5.74) is 0.740. The monoisotopic (exact) mass is 637 g/mol. The van der Waals surface area contributed by atoms with Crippen molar-refractivity contribution in [1.29, 1.82) is 0 Å². The summed E-state index contributed by atoms with van der Waals surface area (Å²) in [6, 6.07) is 5.41. The fourth-order valence-electron chi connectivity index (χ4n) is 4.14. The van der Waals surface area contributed by atoms with Gasteiger partial charge in [-0.1, -0.05) is 11.6 Å². The van der Waals surface area contributed by atoms with Gasteiger partial charge in [-0.15, -0.1) is 11.3 Å². The van der Waals surface area contributed by atoms with Crippen LogP contribution in [0.1, 0.15) is 39.8 Å². The van der Waals surface area contributed by atoms with Crippen LogP contribution in [0.15, 0.2) is 23.6 Å². The van der Waals surface area contributed by atoms with E-state index in [0.29, 0.717) is 47.7 Å². The van der Waals surface area contributed by atoms with Gasteiger partial charge in [-0.05, 0) is 45.9 Å². The standard InChI is InChI=1S/C29H40ClN5O7S/c1-5-40-26(38)18-32-24(36)16-20-19-43-27(33-20)22-7-6-21(17-23(22)30)41-15-14-34-10-12-35(13-11-34)25(37)8-9-31-28(39)42-29(2,3)4/h6-7,17,19H,5,8-16,18H2,1-4H3,(H,31,39)(H,32,36). The molecule has 0 spiro atoms. The summed E-state index contributed by atoms with van der Waals surface area (Å²) in [6.07, 6.45) is -0.249. The number of amides is 3. The van der Waals surface area contributed by atoms with Crippen molar-refractivity contribution >= 4 is 46.8 Å². The summed E-state index contributed by atoms with van der Waals surface area (Å²) in [5, 5.41) is 8.09. The van der Waals surface area contributed by atoms with Gasteiger partial charge in [-0.2, -0.15) is 0 Å². The molecular formula is C29H40ClN5O7S. The molecule has 43 heavy (non-hydrogen) atoms. The van der Waals surface area contributed by atoms with E-state index in [9.17, 15) is 19.2 Å². The number of halogens is 1. The lowest BCUT2D eigenvalue weighted by Gasteiger charge is -2.34. The Morgan fingerprint density at radius 1 is 1.09 bits per heavy atom. The Bertz CT molecular complexity index is 1260. The van der Waals surface area contributed by atoms with E-state index in [1.54, 1.807) is 39.1 Å². The fourth-order valence-corrected chi connectivity index (χ4v) is 5.31. The second kappa shape index (κ2) is 16.4. The number of hydrogen-bond acceptors (Lipinski definition) is 10. The zero-order valence-electron chi connectivity index (χ0n) is 25.1. The van der Waals surface area contributed by atoms with Crippen LogP contribution in [0.5, 0.6) is 5.75 Å². The van der Waals surface area contributed by atoms with Crippen molar-refractivity contribution in [3.8, 4) is 16.3 Å². The van der Waals surface area contributed by atoms with Crippen LogP contribution >= 0.6 is 22.9 Å². The number of alkyl carbamates (subject to hydrolysis) is 1. The molecule has 3 rings (SSSR count). The van der Waals surface area contributed by atoms with Gasteiger partial charge in [0.25, 0.3) is 0 Å². The van der Waals surface area contributed by atoms with Crippen molar-refractivity contribution in [2.24, 2.45) is 0 Å². The van der Waals surface area contributed by atoms with Gasteiger partial charge in [0.15, 0.2) is 0 Å². The van der Waals surface area contributed by atoms with Crippen molar-refractivity contribution < 1.29 is 33.4 Å². The van der Waals surface area contributed by atoms with Gasteiger partial charge in [0.2, 0.25) is 11.8 Å². The Balaban J connectivity index is 1.36. The van der Waals surface area contributed by atoms with Crippen LogP contribution in [0.25, 0.3) is 10.6 Å². The van der Waals surface area contributed by atoms with Crippen molar-refractivity contribution in [2.75, 3.05) is 59.0 Å².